The molecule has 2 aromatic carbocycles. The maximum absolute atomic E-state index is 16.5. The minimum Gasteiger partial charge on any atom is -0.346 e. The van der Waals surface area contributed by atoms with Gasteiger partial charge in [-0.25, -0.2) is 43.2 Å². The Hall–Kier alpha value is -4.71. The Morgan fingerprint density at radius 3 is 1.65 bits per heavy atom. The first kappa shape index (κ1) is 40.7. The van der Waals surface area contributed by atoms with E-state index in [0.29, 0.717) is 11.1 Å². The summed E-state index contributed by atoms with van der Waals surface area (Å²) in [5.41, 5.74) is 1.01. The van der Waals surface area contributed by atoms with Gasteiger partial charge in [0.15, 0.2) is 58.8 Å². The SMILES string of the molecule is O=C(Nc1ncnc2c1ncn2[C@@H]1O[C@@H]2COP(O)(=S)O[C@H]3[C@@H](F)[C@H](n4cnc5c(NC(=O)c6ccccc6)ncnc54)O[C@@H]3COP(=O)(S)O[C@H]2[C@H]1F)c1ccccc1. The molecule has 0 radical (unpaired) electrons. The molecule has 3 aliphatic rings. The zero-order chi connectivity index (χ0) is 41.8. The van der Waals surface area contributed by atoms with Gasteiger partial charge in [-0.05, 0) is 36.1 Å². The summed E-state index contributed by atoms with van der Waals surface area (Å²) in [6.07, 6.45) is -8.89. The van der Waals surface area contributed by atoms with E-state index in [1.807, 2.05) is 0 Å². The van der Waals surface area contributed by atoms with Gasteiger partial charge in [-0.1, -0.05) is 48.6 Å². The van der Waals surface area contributed by atoms with Crippen LogP contribution in [0.25, 0.3) is 22.3 Å². The largest absolute Gasteiger partial charge is 0.386 e. The zero-order valence-electron chi connectivity index (χ0n) is 30.3. The van der Waals surface area contributed by atoms with Crippen LogP contribution in [0, 0.1) is 0 Å². The lowest BCUT2D eigenvalue weighted by Gasteiger charge is -2.29. The Morgan fingerprint density at radius 2 is 1.17 bits per heavy atom. The number of nitrogens with zero attached hydrogens (tertiary/aromatic N) is 8. The number of fused-ring (bicyclic) bond motifs is 4. The lowest BCUT2D eigenvalue weighted by Crippen LogP contribution is -2.37. The summed E-state index contributed by atoms with van der Waals surface area (Å²) in [6.45, 7) is -10.3. The van der Waals surface area contributed by atoms with E-state index in [1.165, 1.54) is 21.8 Å². The first-order valence-corrected chi connectivity index (χ1v) is 23.1. The molecular weight excluding hydrogens is 873 g/mol. The average molecular weight is 903 g/mol. The van der Waals surface area contributed by atoms with Crippen molar-refractivity contribution >= 4 is 83.3 Å². The maximum Gasteiger partial charge on any atom is 0.386 e. The van der Waals surface area contributed by atoms with E-state index in [2.05, 4.69) is 52.8 Å². The molecular formula is C34H30F2N10O10P2S2. The molecule has 3 saturated heterocycles. The molecule has 26 heteroatoms. The molecule has 2 unspecified atom stereocenters. The molecule has 0 saturated carbocycles. The van der Waals surface area contributed by atoms with Gasteiger partial charge in [0.2, 0.25) is 0 Å². The highest BCUT2D eigenvalue weighted by molar-refractivity contribution is 8.44. The second-order valence-corrected chi connectivity index (χ2v) is 19.1. The number of carbonyl (C=O) groups is 2. The molecule has 2 amide bonds. The van der Waals surface area contributed by atoms with Gasteiger partial charge in [0, 0.05) is 11.1 Å². The molecule has 10 atom stereocenters. The Kier molecular flexibility index (Phi) is 11.0. The van der Waals surface area contributed by atoms with Gasteiger partial charge < -0.3 is 29.5 Å². The van der Waals surface area contributed by atoms with Crippen molar-refractivity contribution in [2.24, 2.45) is 0 Å². The van der Waals surface area contributed by atoms with Crippen molar-refractivity contribution in [3.63, 3.8) is 0 Å². The molecule has 9 rings (SSSR count). The minimum atomic E-state index is -4.51. The minimum absolute atomic E-state index is 0.0335. The third kappa shape index (κ3) is 7.96. The fourth-order valence-corrected chi connectivity index (χ4v) is 9.78. The first-order valence-electron chi connectivity index (χ1n) is 17.8. The first-order chi connectivity index (χ1) is 28.9. The molecule has 7 heterocycles. The van der Waals surface area contributed by atoms with Crippen LogP contribution in [0.5, 0.6) is 0 Å². The van der Waals surface area contributed by atoms with Crippen LogP contribution in [0.1, 0.15) is 33.2 Å². The molecule has 3 N–H and O–H groups in total. The number of carbonyl (C=O) groups excluding carboxylic acids is 2. The molecule has 3 aliphatic heterocycles. The number of hydrogen-bond acceptors (Lipinski definition) is 16. The normalized spacial score (nSPS) is 30.9. The Morgan fingerprint density at radius 1 is 0.717 bits per heavy atom. The summed E-state index contributed by atoms with van der Waals surface area (Å²) in [7, 11) is 0. The van der Waals surface area contributed by atoms with Gasteiger partial charge in [0.1, 0.15) is 37.1 Å². The van der Waals surface area contributed by atoms with E-state index in [9.17, 15) is 19.0 Å². The van der Waals surface area contributed by atoms with Crippen LogP contribution in [0.4, 0.5) is 20.4 Å². The number of nitrogens with one attached hydrogen (secondary N) is 2. The predicted octanol–water partition coefficient (Wildman–Crippen LogP) is 4.71. The molecule has 0 aliphatic carbocycles. The summed E-state index contributed by atoms with van der Waals surface area (Å²) < 4.78 is 83.5. The number of ether oxygens (including phenoxy) is 2. The summed E-state index contributed by atoms with van der Waals surface area (Å²) in [6, 6.07) is 16.7. The Bertz CT molecular complexity index is 2510. The fraction of sp³-hybridized carbons (Fsp3) is 0.294. The monoisotopic (exact) mass is 902 g/mol. The molecule has 312 valence electrons. The highest BCUT2D eigenvalue weighted by atomic mass is 32.7. The van der Waals surface area contributed by atoms with Crippen molar-refractivity contribution in [2.45, 2.75) is 49.2 Å². The number of amides is 2. The standard InChI is InChI=1S/C34H30F2N10O10P2S2/c35-21-25-19(53-33(21)45-15-41-23-27(37-13-39-29(23)45)43-31(47)17-7-3-1-4-8-17)11-51-58(50,60)56-26-20(12-52-57(49,59)55-25)54-34(22(26)36)46-16-42-24-28(38-14-40-30(24)46)44-32(48)18-9-5-2-6-10-18/h1-10,13-16,19-22,25-26,33-34H,11-12H2,(H,49,59)(H,50,60)(H,37,39,43,47)(H,38,40,44,48)/t19-,20-,21-,22-,25-,26-,33-,34-,57?,58?/m1/s1. The molecule has 60 heavy (non-hydrogen) atoms. The van der Waals surface area contributed by atoms with Gasteiger partial charge in [0.05, 0.1) is 25.9 Å². The number of hydrogen-bond donors (Lipinski definition) is 4. The second kappa shape index (κ2) is 16.3. The number of imidazole rings is 2. The molecule has 6 aromatic rings. The van der Waals surface area contributed by atoms with E-state index < -0.39 is 87.8 Å². The van der Waals surface area contributed by atoms with Crippen molar-refractivity contribution in [3.8, 4) is 0 Å². The topological polar surface area (TPSA) is 238 Å². The average Bonchev–Trinajstić information content (AvgIpc) is 4.01. The quantitative estimate of drug-likeness (QED) is 0.131. The van der Waals surface area contributed by atoms with Gasteiger partial charge in [-0.2, -0.15) is 0 Å². The van der Waals surface area contributed by atoms with Gasteiger partial charge >= 0.3 is 13.5 Å². The number of alkyl halides is 2. The van der Waals surface area contributed by atoms with Crippen LogP contribution in [0.2, 0.25) is 0 Å². The van der Waals surface area contributed by atoms with E-state index >= 15 is 8.78 Å². The van der Waals surface area contributed by atoms with E-state index in [-0.39, 0.29) is 34.0 Å². The lowest BCUT2D eigenvalue weighted by molar-refractivity contribution is -0.0564. The van der Waals surface area contributed by atoms with Crippen molar-refractivity contribution in [1.29, 1.82) is 0 Å². The van der Waals surface area contributed by atoms with Crippen LogP contribution in [-0.2, 0) is 43.9 Å². The number of aromatic nitrogens is 8. The van der Waals surface area contributed by atoms with E-state index in [4.69, 9.17) is 39.4 Å². The Balaban J connectivity index is 0.938. The number of benzene rings is 2. The van der Waals surface area contributed by atoms with Gasteiger partial charge in [0.25, 0.3) is 11.8 Å². The van der Waals surface area contributed by atoms with Crippen molar-refractivity contribution < 1.29 is 55.4 Å². The van der Waals surface area contributed by atoms with Crippen molar-refractivity contribution in [1.82, 2.24) is 39.0 Å². The zero-order valence-corrected chi connectivity index (χ0v) is 33.8. The second-order valence-electron chi connectivity index (χ2n) is 13.4. The van der Waals surface area contributed by atoms with Crippen LogP contribution in [-0.4, -0.2) is 106 Å². The Labute approximate surface area is 346 Å². The molecule has 4 aromatic heterocycles. The van der Waals surface area contributed by atoms with Crippen molar-refractivity contribution in [2.75, 3.05) is 23.8 Å². The summed E-state index contributed by atoms with van der Waals surface area (Å²) in [5, 5.41) is 5.32. The number of thiol groups is 1. The summed E-state index contributed by atoms with van der Waals surface area (Å²) in [4.78, 5) is 62.1. The lowest BCUT2D eigenvalue weighted by atomic mass is 10.1. The number of anilines is 2. The third-order valence-electron chi connectivity index (χ3n) is 9.65. The smallest absolute Gasteiger partial charge is 0.346 e. The van der Waals surface area contributed by atoms with Crippen LogP contribution in [0.3, 0.4) is 0 Å². The molecule has 0 bridgehead atoms. The predicted molar refractivity (Wildman–Crippen MR) is 212 cm³/mol. The third-order valence-corrected chi connectivity index (χ3v) is 12.8. The highest BCUT2D eigenvalue weighted by Gasteiger charge is 2.54. The van der Waals surface area contributed by atoms with Crippen LogP contribution < -0.4 is 10.6 Å². The van der Waals surface area contributed by atoms with Gasteiger partial charge in [-0.15, -0.1) is 0 Å². The fourth-order valence-electron chi connectivity index (χ4n) is 6.86. The summed E-state index contributed by atoms with van der Waals surface area (Å²) >= 11 is 9.33. The van der Waals surface area contributed by atoms with Gasteiger partial charge in [-0.3, -0.25) is 32.3 Å². The molecule has 20 nitrogen and oxygen atoms in total. The van der Waals surface area contributed by atoms with Crippen LogP contribution in [0.15, 0.2) is 86.0 Å². The molecule has 3 fully saturated rings. The summed E-state index contributed by atoms with van der Waals surface area (Å²) in [5.74, 6) is -0.887. The maximum atomic E-state index is 16.5. The number of rotatable bonds is 6. The van der Waals surface area contributed by atoms with Crippen LogP contribution >= 0.6 is 25.8 Å². The van der Waals surface area contributed by atoms with E-state index in [1.54, 1.807) is 60.7 Å². The highest BCUT2D eigenvalue weighted by Crippen LogP contribution is 2.58. The van der Waals surface area contributed by atoms with Crippen molar-refractivity contribution in [3.05, 3.63) is 97.1 Å². The van der Waals surface area contributed by atoms with E-state index in [0.717, 1.165) is 12.7 Å². The number of halogens is 2. The molecule has 0 spiro atoms.